The van der Waals surface area contributed by atoms with E-state index in [1.807, 2.05) is 36.6 Å². The second kappa shape index (κ2) is 4.55. The van der Waals surface area contributed by atoms with Crippen molar-refractivity contribution in [3.05, 3.63) is 51.5 Å². The van der Waals surface area contributed by atoms with Crippen molar-refractivity contribution in [1.82, 2.24) is 0 Å². The van der Waals surface area contributed by atoms with Crippen LogP contribution < -0.4 is 10.2 Å². The van der Waals surface area contributed by atoms with Crippen LogP contribution in [0.2, 0.25) is 0 Å². The molecule has 0 aliphatic heterocycles. The second-order valence-corrected chi connectivity index (χ2v) is 5.17. The van der Waals surface area contributed by atoms with Gasteiger partial charge in [0.05, 0.1) is 17.4 Å². The zero-order valence-corrected chi connectivity index (χ0v) is 11.4. The molecule has 3 aromatic rings. The first-order chi connectivity index (χ1) is 9.22. The average Bonchev–Trinajstić information content (AvgIpc) is 2.93. The van der Waals surface area contributed by atoms with Gasteiger partial charge < -0.3 is 9.15 Å². The molecule has 0 aliphatic rings. The fourth-order valence-corrected chi connectivity index (χ4v) is 2.80. The predicted molar refractivity (Wildman–Crippen MR) is 77.1 cm³/mol. The summed E-state index contributed by atoms with van der Waals surface area (Å²) < 4.78 is 11.2. The van der Waals surface area contributed by atoms with Gasteiger partial charge in [0.1, 0.15) is 5.58 Å². The number of hydrogen-bond acceptors (Lipinski definition) is 4. The van der Waals surface area contributed by atoms with Crippen LogP contribution in [0.5, 0.6) is 5.75 Å². The van der Waals surface area contributed by atoms with Gasteiger partial charge >= 0.3 is 0 Å². The highest BCUT2D eigenvalue weighted by molar-refractivity contribution is 7.13. The molecule has 0 atom stereocenters. The van der Waals surface area contributed by atoms with E-state index < -0.39 is 0 Å². The molecule has 1 aromatic carbocycles. The van der Waals surface area contributed by atoms with Crippen LogP contribution in [0.3, 0.4) is 0 Å². The van der Waals surface area contributed by atoms with E-state index in [0.29, 0.717) is 16.7 Å². The van der Waals surface area contributed by atoms with E-state index in [1.165, 1.54) is 18.4 Å². The quantitative estimate of drug-likeness (QED) is 0.711. The van der Waals surface area contributed by atoms with Crippen LogP contribution in [0.25, 0.3) is 21.6 Å². The predicted octanol–water partition coefficient (Wildman–Crippen LogP) is 3.84. The first-order valence-electron chi connectivity index (χ1n) is 5.86. The Morgan fingerprint density at radius 3 is 2.74 bits per heavy atom. The number of hydrogen-bond donors (Lipinski definition) is 0. The Hall–Kier alpha value is -2.07. The van der Waals surface area contributed by atoms with Crippen LogP contribution in [0.1, 0.15) is 5.56 Å². The third-order valence-corrected chi connectivity index (χ3v) is 3.89. The fraction of sp³-hybridized carbons (Fsp3) is 0.133. The molecule has 4 heteroatoms. The molecule has 0 spiro atoms. The van der Waals surface area contributed by atoms with Crippen LogP contribution in [-0.4, -0.2) is 7.11 Å². The molecule has 0 bridgehead atoms. The smallest absolute Gasteiger partial charge is 0.235 e. The van der Waals surface area contributed by atoms with Crippen LogP contribution in [0, 0.1) is 6.92 Å². The van der Waals surface area contributed by atoms with E-state index in [9.17, 15) is 4.79 Å². The molecule has 0 saturated heterocycles. The molecule has 0 amide bonds. The number of benzene rings is 1. The fourth-order valence-electron chi connectivity index (χ4n) is 2.10. The molecular weight excluding hydrogens is 260 g/mol. The highest BCUT2D eigenvalue weighted by Gasteiger charge is 2.18. The molecule has 0 unspecified atom stereocenters. The number of thiophene rings is 1. The number of ether oxygens (including phenoxy) is 1. The third kappa shape index (κ3) is 1.85. The Balaban J connectivity index is 2.45. The van der Waals surface area contributed by atoms with Crippen molar-refractivity contribution in [2.75, 3.05) is 7.11 Å². The molecule has 0 radical (unpaired) electrons. The maximum atomic E-state index is 12.4. The molecule has 3 nitrogen and oxygen atoms in total. The summed E-state index contributed by atoms with van der Waals surface area (Å²) in [6.07, 6.45) is 0. The molecule has 96 valence electrons. The maximum Gasteiger partial charge on any atom is 0.235 e. The summed E-state index contributed by atoms with van der Waals surface area (Å²) in [5.74, 6) is 0.768. The summed E-state index contributed by atoms with van der Waals surface area (Å²) in [5.41, 5.74) is 1.43. The van der Waals surface area contributed by atoms with Gasteiger partial charge in [0.25, 0.3) is 0 Å². The van der Waals surface area contributed by atoms with Crippen molar-refractivity contribution < 1.29 is 9.15 Å². The average molecular weight is 272 g/mol. The summed E-state index contributed by atoms with van der Waals surface area (Å²) in [5, 5.41) is 2.49. The lowest BCUT2D eigenvalue weighted by Crippen LogP contribution is -2.07. The first kappa shape index (κ1) is 12.0. The largest absolute Gasteiger partial charge is 0.490 e. The van der Waals surface area contributed by atoms with E-state index in [2.05, 4.69) is 0 Å². The summed E-state index contributed by atoms with van der Waals surface area (Å²) >= 11 is 1.52. The van der Waals surface area contributed by atoms with Crippen LogP contribution in [-0.2, 0) is 0 Å². The van der Waals surface area contributed by atoms with E-state index in [-0.39, 0.29) is 11.2 Å². The summed E-state index contributed by atoms with van der Waals surface area (Å²) in [6, 6.07) is 9.36. The highest BCUT2D eigenvalue weighted by Crippen LogP contribution is 2.34. The monoisotopic (exact) mass is 272 g/mol. The molecule has 0 saturated carbocycles. The Morgan fingerprint density at radius 2 is 2.05 bits per heavy atom. The van der Waals surface area contributed by atoms with Crippen molar-refractivity contribution in [2.24, 2.45) is 0 Å². The van der Waals surface area contributed by atoms with E-state index in [4.69, 9.17) is 9.15 Å². The van der Waals surface area contributed by atoms with E-state index in [1.54, 1.807) is 6.07 Å². The third-order valence-electron chi connectivity index (χ3n) is 3.02. The van der Waals surface area contributed by atoms with Crippen LogP contribution >= 0.6 is 11.3 Å². The standard InChI is InChI=1S/C15H12O3S/c1-9-5-3-6-10-12(16)15(17-2)14(18-13(9)10)11-7-4-8-19-11/h3-8H,1-2H3. The van der Waals surface area contributed by atoms with Crippen molar-refractivity contribution in [1.29, 1.82) is 0 Å². The minimum Gasteiger partial charge on any atom is -0.490 e. The van der Waals surface area contributed by atoms with Crippen molar-refractivity contribution in [3.63, 3.8) is 0 Å². The lowest BCUT2D eigenvalue weighted by atomic mass is 10.1. The zero-order valence-electron chi connectivity index (χ0n) is 10.6. The van der Waals surface area contributed by atoms with Gasteiger partial charge in [-0.05, 0) is 30.0 Å². The Bertz CT molecular complexity index is 785. The molecule has 0 N–H and O–H groups in total. The van der Waals surface area contributed by atoms with Gasteiger partial charge in [0.2, 0.25) is 11.2 Å². The molecule has 19 heavy (non-hydrogen) atoms. The van der Waals surface area contributed by atoms with Gasteiger partial charge in [-0.2, -0.15) is 0 Å². The molecule has 2 aromatic heterocycles. The lowest BCUT2D eigenvalue weighted by molar-refractivity contribution is 0.399. The molecule has 3 rings (SSSR count). The van der Waals surface area contributed by atoms with Gasteiger partial charge in [-0.3, -0.25) is 4.79 Å². The van der Waals surface area contributed by atoms with Crippen molar-refractivity contribution in [3.8, 4) is 16.4 Å². The van der Waals surface area contributed by atoms with Gasteiger partial charge in [-0.1, -0.05) is 18.2 Å². The number of para-hydroxylation sites is 1. The SMILES string of the molecule is COc1c(-c2cccs2)oc2c(C)cccc2c1=O. The topological polar surface area (TPSA) is 39.4 Å². The number of aryl methyl sites for hydroxylation is 1. The summed E-state index contributed by atoms with van der Waals surface area (Å²) in [7, 11) is 1.49. The van der Waals surface area contributed by atoms with Crippen molar-refractivity contribution in [2.45, 2.75) is 6.92 Å². The van der Waals surface area contributed by atoms with Gasteiger partial charge in [-0.15, -0.1) is 11.3 Å². The molecule has 2 heterocycles. The Morgan fingerprint density at radius 1 is 1.21 bits per heavy atom. The normalized spacial score (nSPS) is 10.8. The maximum absolute atomic E-state index is 12.4. The zero-order chi connectivity index (χ0) is 13.4. The highest BCUT2D eigenvalue weighted by atomic mass is 32.1. The van der Waals surface area contributed by atoms with E-state index in [0.717, 1.165) is 10.4 Å². The number of fused-ring (bicyclic) bond motifs is 1. The number of rotatable bonds is 2. The van der Waals surface area contributed by atoms with Crippen LogP contribution in [0.4, 0.5) is 0 Å². The lowest BCUT2D eigenvalue weighted by Gasteiger charge is -2.08. The Kier molecular flexibility index (Phi) is 2.87. The first-order valence-corrected chi connectivity index (χ1v) is 6.74. The molecule has 0 fully saturated rings. The van der Waals surface area contributed by atoms with Crippen molar-refractivity contribution >= 4 is 22.3 Å². The minimum atomic E-state index is -0.129. The van der Waals surface area contributed by atoms with E-state index >= 15 is 0 Å². The van der Waals surface area contributed by atoms with Gasteiger partial charge in [0, 0.05) is 0 Å². The van der Waals surface area contributed by atoms with Gasteiger partial charge in [0.15, 0.2) is 5.76 Å². The number of methoxy groups -OCH3 is 1. The summed E-state index contributed by atoms with van der Waals surface area (Å²) in [6.45, 7) is 1.93. The second-order valence-electron chi connectivity index (χ2n) is 4.22. The minimum absolute atomic E-state index is 0.129. The molecular formula is C15H12O3S. The Labute approximate surface area is 114 Å². The van der Waals surface area contributed by atoms with Crippen LogP contribution in [0.15, 0.2) is 44.9 Å². The van der Waals surface area contributed by atoms with Gasteiger partial charge in [-0.25, -0.2) is 0 Å². The summed E-state index contributed by atoms with van der Waals surface area (Å²) in [4.78, 5) is 13.3. The molecule has 0 aliphatic carbocycles.